The third kappa shape index (κ3) is 1.94. The van der Waals surface area contributed by atoms with E-state index in [1.807, 2.05) is 0 Å². The van der Waals surface area contributed by atoms with E-state index >= 15 is 0 Å². The van der Waals surface area contributed by atoms with Gasteiger partial charge in [0.1, 0.15) is 0 Å². The summed E-state index contributed by atoms with van der Waals surface area (Å²) >= 11 is 0. The molecule has 0 bridgehead atoms. The zero-order chi connectivity index (χ0) is 15.0. The first kappa shape index (κ1) is 14.3. The summed E-state index contributed by atoms with van der Waals surface area (Å²) in [6, 6.07) is 12.8. The van der Waals surface area contributed by atoms with Gasteiger partial charge in [-0.1, -0.05) is 50.2 Å². The normalized spacial score (nSPS) is 14.9. The van der Waals surface area contributed by atoms with Crippen molar-refractivity contribution in [3.05, 3.63) is 58.7 Å². The topological polar surface area (TPSA) is 40.5 Å². The standard InChI is InChI=1S/C19H22O2/c1-3-13-5-7-17-15(9-13)16-10-14(4-2)6-8-18(16)19(17,11-20)12-21/h5-10,20-21H,3-4,11-12H2,1-2H3. The maximum atomic E-state index is 10.0. The zero-order valence-corrected chi connectivity index (χ0v) is 12.7. The first-order valence-electron chi connectivity index (χ1n) is 7.69. The first-order valence-corrected chi connectivity index (χ1v) is 7.69. The minimum Gasteiger partial charge on any atom is -0.395 e. The minimum absolute atomic E-state index is 0.0690. The van der Waals surface area contributed by atoms with Gasteiger partial charge in [-0.3, -0.25) is 0 Å². The molecule has 0 spiro atoms. The SMILES string of the molecule is CCc1ccc2c(c1)-c1cc(CC)ccc1C2(CO)CO. The van der Waals surface area contributed by atoms with Crippen LogP contribution >= 0.6 is 0 Å². The first-order chi connectivity index (χ1) is 10.2. The van der Waals surface area contributed by atoms with E-state index in [0.29, 0.717) is 0 Å². The lowest BCUT2D eigenvalue weighted by atomic mass is 9.79. The smallest absolute Gasteiger partial charge is 0.0676 e. The van der Waals surface area contributed by atoms with Gasteiger partial charge in [-0.25, -0.2) is 0 Å². The van der Waals surface area contributed by atoms with E-state index in [9.17, 15) is 10.2 Å². The Morgan fingerprint density at radius 2 is 1.19 bits per heavy atom. The number of hydrogen-bond donors (Lipinski definition) is 2. The Bertz CT molecular complexity index is 614. The van der Waals surface area contributed by atoms with Gasteiger partial charge < -0.3 is 10.2 Å². The molecule has 21 heavy (non-hydrogen) atoms. The lowest BCUT2D eigenvalue weighted by molar-refractivity contribution is 0.146. The molecule has 2 aromatic carbocycles. The lowest BCUT2D eigenvalue weighted by Crippen LogP contribution is -2.34. The molecule has 2 aromatic rings. The Morgan fingerprint density at radius 3 is 1.52 bits per heavy atom. The van der Waals surface area contributed by atoms with Gasteiger partial charge in [0.15, 0.2) is 0 Å². The number of rotatable bonds is 4. The van der Waals surface area contributed by atoms with Crippen molar-refractivity contribution in [3.8, 4) is 11.1 Å². The molecule has 110 valence electrons. The van der Waals surface area contributed by atoms with Gasteiger partial charge in [0.2, 0.25) is 0 Å². The van der Waals surface area contributed by atoms with Crippen LogP contribution in [0.1, 0.15) is 36.1 Å². The molecule has 0 amide bonds. The second-order valence-electron chi connectivity index (χ2n) is 5.87. The number of aliphatic hydroxyl groups is 2. The fourth-order valence-electron chi connectivity index (χ4n) is 3.44. The van der Waals surface area contributed by atoms with Gasteiger partial charge in [-0.15, -0.1) is 0 Å². The highest BCUT2D eigenvalue weighted by Gasteiger charge is 2.42. The van der Waals surface area contributed by atoms with Crippen molar-refractivity contribution in [2.75, 3.05) is 13.2 Å². The van der Waals surface area contributed by atoms with Crippen LogP contribution < -0.4 is 0 Å². The third-order valence-electron chi connectivity index (χ3n) is 4.85. The molecule has 0 aliphatic heterocycles. The molecule has 0 saturated carbocycles. The third-order valence-corrected chi connectivity index (χ3v) is 4.85. The van der Waals surface area contributed by atoms with E-state index in [1.165, 1.54) is 22.3 Å². The molecule has 0 radical (unpaired) electrons. The molecule has 0 unspecified atom stereocenters. The van der Waals surface area contributed by atoms with Crippen LogP contribution in [-0.2, 0) is 18.3 Å². The van der Waals surface area contributed by atoms with Crippen LogP contribution in [0.25, 0.3) is 11.1 Å². The fraction of sp³-hybridized carbons (Fsp3) is 0.368. The van der Waals surface area contributed by atoms with Crippen molar-refractivity contribution in [3.63, 3.8) is 0 Å². The summed E-state index contributed by atoms with van der Waals surface area (Å²) in [4.78, 5) is 0. The van der Waals surface area contributed by atoms with E-state index in [1.54, 1.807) is 0 Å². The van der Waals surface area contributed by atoms with Gasteiger partial charge in [-0.2, -0.15) is 0 Å². The molecular formula is C19H22O2. The van der Waals surface area contributed by atoms with Crippen molar-refractivity contribution >= 4 is 0 Å². The Kier molecular flexibility index (Phi) is 3.60. The van der Waals surface area contributed by atoms with Gasteiger partial charge >= 0.3 is 0 Å². The Hall–Kier alpha value is -1.64. The van der Waals surface area contributed by atoms with Crippen LogP contribution in [0.2, 0.25) is 0 Å². The average Bonchev–Trinajstić information content (AvgIpc) is 2.83. The summed E-state index contributed by atoms with van der Waals surface area (Å²) < 4.78 is 0. The van der Waals surface area contributed by atoms with E-state index in [4.69, 9.17) is 0 Å². The largest absolute Gasteiger partial charge is 0.395 e. The van der Waals surface area contributed by atoms with Crippen molar-refractivity contribution in [1.29, 1.82) is 0 Å². The van der Waals surface area contributed by atoms with E-state index in [2.05, 4.69) is 50.2 Å². The highest BCUT2D eigenvalue weighted by atomic mass is 16.3. The molecule has 0 saturated heterocycles. The number of aryl methyl sites for hydroxylation is 2. The molecule has 2 N–H and O–H groups in total. The van der Waals surface area contributed by atoms with Gasteiger partial charge in [0.25, 0.3) is 0 Å². The lowest BCUT2D eigenvalue weighted by Gasteiger charge is -2.27. The highest BCUT2D eigenvalue weighted by Crippen LogP contribution is 2.49. The molecule has 0 atom stereocenters. The van der Waals surface area contributed by atoms with Crippen LogP contribution in [0.15, 0.2) is 36.4 Å². The van der Waals surface area contributed by atoms with Crippen molar-refractivity contribution < 1.29 is 10.2 Å². The maximum absolute atomic E-state index is 10.0. The summed E-state index contributed by atoms with van der Waals surface area (Å²) in [6.45, 7) is 4.15. The number of aliphatic hydroxyl groups excluding tert-OH is 2. The average molecular weight is 282 g/mol. The number of fused-ring (bicyclic) bond motifs is 3. The molecule has 3 rings (SSSR count). The van der Waals surface area contributed by atoms with E-state index < -0.39 is 5.41 Å². The predicted octanol–water partition coefficient (Wildman–Crippen LogP) is 3.06. The monoisotopic (exact) mass is 282 g/mol. The van der Waals surface area contributed by atoms with E-state index in [-0.39, 0.29) is 13.2 Å². The second-order valence-corrected chi connectivity index (χ2v) is 5.87. The van der Waals surface area contributed by atoms with Crippen LogP contribution in [0.4, 0.5) is 0 Å². The molecule has 0 heterocycles. The molecule has 2 nitrogen and oxygen atoms in total. The predicted molar refractivity (Wildman–Crippen MR) is 85.6 cm³/mol. The Labute approximate surface area is 126 Å². The molecule has 1 aliphatic carbocycles. The summed E-state index contributed by atoms with van der Waals surface area (Å²) in [5.74, 6) is 0. The Balaban J connectivity index is 2.32. The molecule has 0 fully saturated rings. The Morgan fingerprint density at radius 1 is 0.762 bits per heavy atom. The van der Waals surface area contributed by atoms with Crippen LogP contribution in [0.3, 0.4) is 0 Å². The van der Waals surface area contributed by atoms with Gasteiger partial charge in [-0.05, 0) is 46.2 Å². The summed E-state index contributed by atoms with van der Waals surface area (Å²) in [6.07, 6.45) is 1.97. The molecule has 2 heteroatoms. The second kappa shape index (κ2) is 5.28. The summed E-state index contributed by atoms with van der Waals surface area (Å²) in [5.41, 5.74) is 6.34. The highest BCUT2D eigenvalue weighted by molar-refractivity contribution is 5.82. The molecular weight excluding hydrogens is 260 g/mol. The number of hydrogen-bond acceptors (Lipinski definition) is 2. The maximum Gasteiger partial charge on any atom is 0.0676 e. The van der Waals surface area contributed by atoms with Crippen molar-refractivity contribution in [1.82, 2.24) is 0 Å². The van der Waals surface area contributed by atoms with Gasteiger partial charge in [0.05, 0.1) is 18.6 Å². The van der Waals surface area contributed by atoms with Crippen LogP contribution in [0, 0.1) is 0 Å². The van der Waals surface area contributed by atoms with Crippen LogP contribution in [0.5, 0.6) is 0 Å². The summed E-state index contributed by atoms with van der Waals surface area (Å²) in [7, 11) is 0. The molecule has 1 aliphatic rings. The van der Waals surface area contributed by atoms with Crippen molar-refractivity contribution in [2.24, 2.45) is 0 Å². The molecule has 0 aromatic heterocycles. The quantitative estimate of drug-likeness (QED) is 0.905. The van der Waals surface area contributed by atoms with Gasteiger partial charge in [0, 0.05) is 0 Å². The zero-order valence-electron chi connectivity index (χ0n) is 12.7. The van der Waals surface area contributed by atoms with E-state index in [0.717, 1.165) is 24.0 Å². The fourth-order valence-corrected chi connectivity index (χ4v) is 3.44. The summed E-state index contributed by atoms with van der Waals surface area (Å²) in [5, 5.41) is 20.0. The van der Waals surface area contributed by atoms with Crippen LogP contribution in [-0.4, -0.2) is 23.4 Å². The number of benzene rings is 2. The van der Waals surface area contributed by atoms with Crippen molar-refractivity contribution in [2.45, 2.75) is 32.1 Å². The minimum atomic E-state index is -0.663.